The molecule has 2 nitrogen and oxygen atoms in total. The third kappa shape index (κ3) is 7.66. The summed E-state index contributed by atoms with van der Waals surface area (Å²) in [4.78, 5) is 0. The van der Waals surface area contributed by atoms with Crippen LogP contribution in [0.25, 0.3) is 45.3 Å². The maximum Gasteiger partial charge on any atom is 0.0537 e. The molecule has 0 saturated heterocycles. The quantitative estimate of drug-likeness (QED) is 0.142. The Morgan fingerprint density at radius 2 is 1.20 bits per heavy atom. The summed E-state index contributed by atoms with van der Waals surface area (Å²) in [7, 11) is 0. The van der Waals surface area contributed by atoms with Crippen molar-refractivity contribution in [2.75, 3.05) is 0 Å². The summed E-state index contributed by atoms with van der Waals surface area (Å²) in [6.07, 6.45) is 17.6. The third-order valence-corrected chi connectivity index (χ3v) is 9.56. The van der Waals surface area contributed by atoms with Gasteiger partial charge in [0.2, 0.25) is 0 Å². The van der Waals surface area contributed by atoms with Crippen LogP contribution in [0.4, 0.5) is 0 Å². The fourth-order valence-electron chi connectivity index (χ4n) is 7.15. The predicted octanol–water partition coefficient (Wildman–Crippen LogP) is 14.3. The average molecular weight is 675 g/mol. The van der Waals surface area contributed by atoms with Crippen molar-refractivity contribution >= 4 is 34.0 Å². The molecule has 0 N–H and O–H groups in total. The van der Waals surface area contributed by atoms with Gasteiger partial charge in [-0.15, -0.1) is 13.2 Å². The Balaban J connectivity index is 0.000000925. The van der Waals surface area contributed by atoms with Crippen LogP contribution in [0.2, 0.25) is 0 Å². The molecule has 0 radical (unpaired) electrons. The van der Waals surface area contributed by atoms with E-state index in [1.54, 1.807) is 0 Å². The van der Waals surface area contributed by atoms with E-state index in [-0.39, 0.29) is 5.41 Å². The second-order valence-electron chi connectivity index (χ2n) is 12.7. The Hall–Kier alpha value is -5.08. The van der Waals surface area contributed by atoms with Crippen molar-refractivity contribution in [2.45, 2.75) is 86.5 Å². The molecule has 2 heterocycles. The maximum absolute atomic E-state index is 3.00. The number of allylic oxidation sites excluding steroid dienone is 4. The van der Waals surface area contributed by atoms with Crippen LogP contribution in [-0.2, 0) is 18.3 Å². The number of aryl methyl sites for hydroxylation is 1. The Morgan fingerprint density at radius 1 is 0.667 bits per heavy atom. The lowest BCUT2D eigenvalue weighted by Gasteiger charge is -2.27. The summed E-state index contributed by atoms with van der Waals surface area (Å²) >= 11 is 0. The molecule has 0 atom stereocenters. The van der Waals surface area contributed by atoms with Crippen molar-refractivity contribution in [3.8, 4) is 11.4 Å². The summed E-state index contributed by atoms with van der Waals surface area (Å²) in [6.45, 7) is 23.2. The van der Waals surface area contributed by atoms with Crippen molar-refractivity contribution in [1.82, 2.24) is 9.13 Å². The van der Waals surface area contributed by atoms with E-state index in [1.807, 2.05) is 27.7 Å². The molecule has 6 aromatic rings. The van der Waals surface area contributed by atoms with E-state index in [2.05, 4.69) is 184 Å². The number of fused-ring (bicyclic) bond motifs is 4. The highest BCUT2D eigenvalue weighted by Gasteiger charge is 2.25. The minimum Gasteiger partial charge on any atom is -0.313 e. The van der Waals surface area contributed by atoms with E-state index in [0.29, 0.717) is 0 Å². The van der Waals surface area contributed by atoms with Gasteiger partial charge in [-0.3, -0.25) is 0 Å². The highest BCUT2D eigenvalue weighted by molar-refractivity contribution is 5.93. The second kappa shape index (κ2) is 18.2. The smallest absolute Gasteiger partial charge is 0.0537 e. The lowest BCUT2D eigenvalue weighted by atomic mass is 9.78. The van der Waals surface area contributed by atoms with Crippen LogP contribution in [-0.4, -0.2) is 9.13 Å². The zero-order valence-corrected chi connectivity index (χ0v) is 32.3. The van der Waals surface area contributed by atoms with Crippen LogP contribution < -0.4 is 0 Å². The third-order valence-electron chi connectivity index (χ3n) is 9.56. The fourth-order valence-corrected chi connectivity index (χ4v) is 7.15. The van der Waals surface area contributed by atoms with Gasteiger partial charge in [0.25, 0.3) is 0 Å². The van der Waals surface area contributed by atoms with Crippen LogP contribution in [0.15, 0.2) is 135 Å². The summed E-state index contributed by atoms with van der Waals surface area (Å²) < 4.78 is 4.89. The molecule has 7 rings (SSSR count). The zero-order chi connectivity index (χ0) is 37.0. The molecule has 51 heavy (non-hydrogen) atoms. The number of rotatable bonds is 8. The number of aromatic nitrogens is 2. The molecule has 1 aliphatic rings. The number of nitrogens with zero attached hydrogens (tertiary/aromatic N) is 2. The van der Waals surface area contributed by atoms with Gasteiger partial charge in [-0.2, -0.15) is 0 Å². The van der Waals surface area contributed by atoms with Gasteiger partial charge < -0.3 is 9.13 Å². The summed E-state index contributed by atoms with van der Waals surface area (Å²) in [5, 5.41) is 2.67. The Kier molecular flexibility index (Phi) is 13.8. The van der Waals surface area contributed by atoms with E-state index < -0.39 is 0 Å². The van der Waals surface area contributed by atoms with Gasteiger partial charge in [-0.05, 0) is 72.0 Å². The lowest BCUT2D eigenvalue weighted by molar-refractivity contribution is 0.640. The molecular weight excluding hydrogens is 617 g/mol. The van der Waals surface area contributed by atoms with Gasteiger partial charge in [0, 0.05) is 50.9 Å². The summed E-state index contributed by atoms with van der Waals surface area (Å²) in [6, 6.07) is 36.1. The molecular formula is C49H58N2. The lowest BCUT2D eigenvalue weighted by Crippen LogP contribution is -2.19. The van der Waals surface area contributed by atoms with Gasteiger partial charge in [0.05, 0.1) is 11.0 Å². The molecule has 264 valence electrons. The minimum atomic E-state index is -0.144. The highest BCUT2D eigenvalue weighted by atomic mass is 15.0. The van der Waals surface area contributed by atoms with E-state index in [9.17, 15) is 0 Å². The minimum absolute atomic E-state index is 0.144. The molecule has 4 aromatic carbocycles. The molecule has 2 aromatic heterocycles. The Morgan fingerprint density at radius 3 is 1.76 bits per heavy atom. The first kappa shape index (κ1) is 38.7. The molecule has 2 heteroatoms. The molecule has 0 spiro atoms. The molecule has 0 fully saturated rings. The number of para-hydroxylation sites is 2. The topological polar surface area (TPSA) is 9.86 Å². The first-order chi connectivity index (χ1) is 25.0. The molecule has 1 aliphatic carbocycles. The molecule has 0 amide bonds. The fraction of sp³-hybridized carbons (Fsp3) is 0.265. The second-order valence-corrected chi connectivity index (χ2v) is 12.7. The van der Waals surface area contributed by atoms with Crippen LogP contribution in [0.1, 0.15) is 102 Å². The zero-order valence-electron chi connectivity index (χ0n) is 32.3. The predicted molar refractivity (Wildman–Crippen MR) is 228 cm³/mol. The average Bonchev–Trinajstić information content (AvgIpc) is 3.55. The monoisotopic (exact) mass is 674 g/mol. The maximum atomic E-state index is 3.00. The van der Waals surface area contributed by atoms with Gasteiger partial charge in [0.15, 0.2) is 0 Å². The normalized spacial score (nSPS) is 12.0. The van der Waals surface area contributed by atoms with Crippen molar-refractivity contribution in [2.24, 2.45) is 0 Å². The van der Waals surface area contributed by atoms with Crippen LogP contribution in [0.3, 0.4) is 0 Å². The standard InChI is InChI=1S/C43H42N2.2C2H6.C2H4/c1-5-7-19-39-35(15-6-2)36-17-11-13-21-41(36)44(39)33-27-23-31(24-28-33)43(3,4)32-25-29-34(30-26-32)45-40-20-10-8-9-16-37(40)38-18-12-14-22-42(38)45;3*1-2/h7-14,16-19,21-30H,5-6,15,20H2,1-4H3;2*1-2H3;1-2H2/b19-7-;;;. The largest absolute Gasteiger partial charge is 0.313 e. The first-order valence-electron chi connectivity index (χ1n) is 19.0. The SMILES string of the molecule is C=C.CC.CC.CC/C=C\c1c(CCC)c2ccccc2n1-c1ccc(C(C)(C)c2ccc(-n3c4c(c5ccccc53)C=CC=CC4)cc2)cc1. The van der Waals surface area contributed by atoms with Gasteiger partial charge in [-0.1, -0.05) is 153 Å². The van der Waals surface area contributed by atoms with E-state index in [4.69, 9.17) is 0 Å². The highest BCUT2D eigenvalue weighted by Crippen LogP contribution is 2.37. The first-order valence-corrected chi connectivity index (χ1v) is 19.0. The van der Waals surface area contributed by atoms with E-state index in [1.165, 1.54) is 66.8 Å². The number of hydrogen-bond acceptors (Lipinski definition) is 0. The molecule has 0 unspecified atom stereocenters. The summed E-state index contributed by atoms with van der Waals surface area (Å²) in [5.41, 5.74) is 12.9. The van der Waals surface area contributed by atoms with Crippen molar-refractivity contribution in [3.05, 3.63) is 168 Å². The van der Waals surface area contributed by atoms with Crippen LogP contribution in [0, 0.1) is 0 Å². The molecule has 0 bridgehead atoms. The molecule has 0 aliphatic heterocycles. The van der Waals surface area contributed by atoms with E-state index in [0.717, 1.165) is 25.7 Å². The summed E-state index contributed by atoms with van der Waals surface area (Å²) in [5.74, 6) is 0. The Bertz CT molecular complexity index is 2090. The van der Waals surface area contributed by atoms with Crippen molar-refractivity contribution in [1.29, 1.82) is 0 Å². The molecule has 0 saturated carbocycles. The van der Waals surface area contributed by atoms with Crippen LogP contribution in [0.5, 0.6) is 0 Å². The van der Waals surface area contributed by atoms with E-state index >= 15 is 0 Å². The van der Waals surface area contributed by atoms with Crippen molar-refractivity contribution in [3.63, 3.8) is 0 Å². The number of benzene rings is 4. The van der Waals surface area contributed by atoms with Gasteiger partial charge >= 0.3 is 0 Å². The van der Waals surface area contributed by atoms with Gasteiger partial charge in [0.1, 0.15) is 0 Å². The van der Waals surface area contributed by atoms with Gasteiger partial charge in [-0.25, -0.2) is 0 Å². The Labute approximate surface area is 308 Å². The number of hydrogen-bond donors (Lipinski definition) is 0. The van der Waals surface area contributed by atoms with Crippen molar-refractivity contribution < 1.29 is 0 Å². The van der Waals surface area contributed by atoms with Crippen LogP contribution >= 0.6 is 0 Å².